The van der Waals surface area contributed by atoms with Gasteiger partial charge in [0.05, 0.1) is 36.2 Å². The summed E-state index contributed by atoms with van der Waals surface area (Å²) in [7, 11) is 0. The van der Waals surface area contributed by atoms with Gasteiger partial charge in [0.15, 0.2) is 23.1 Å². The van der Waals surface area contributed by atoms with E-state index < -0.39 is 46.4 Å². The number of hydrogen-bond acceptors (Lipinski definition) is 7. The van der Waals surface area contributed by atoms with Crippen molar-refractivity contribution < 1.29 is 36.2 Å². The van der Waals surface area contributed by atoms with Crippen molar-refractivity contribution in [2.75, 3.05) is 37.4 Å². The van der Waals surface area contributed by atoms with Gasteiger partial charge in [-0.1, -0.05) is 18.2 Å². The molecule has 1 fully saturated rings. The number of rotatable bonds is 7. The van der Waals surface area contributed by atoms with Gasteiger partial charge in [0.1, 0.15) is 11.6 Å². The Morgan fingerprint density at radius 2 is 1.76 bits per heavy atom. The van der Waals surface area contributed by atoms with E-state index in [1.807, 2.05) is 4.90 Å². The molecule has 0 aliphatic carbocycles. The molecule has 14 heteroatoms. The highest BCUT2D eigenvalue weighted by molar-refractivity contribution is 6.05. The number of halogens is 5. The molecule has 9 nitrogen and oxygen atoms in total. The van der Waals surface area contributed by atoms with Gasteiger partial charge in [-0.15, -0.1) is 0 Å². The lowest BCUT2D eigenvalue weighted by Gasteiger charge is -2.27. The maximum atomic E-state index is 15.0. The fourth-order valence-corrected chi connectivity index (χ4v) is 4.32. The monoisotopic (exact) mass is 574 g/mol. The van der Waals surface area contributed by atoms with Gasteiger partial charge in [0.25, 0.3) is 5.91 Å². The highest BCUT2D eigenvalue weighted by Gasteiger charge is 2.40. The maximum absolute atomic E-state index is 15.0. The number of hydrogen-bond donors (Lipinski definition) is 2. The maximum Gasteiger partial charge on any atom is 0.434 e. The third-order valence-corrected chi connectivity index (χ3v) is 6.28. The molecule has 0 atom stereocenters. The lowest BCUT2D eigenvalue weighted by Crippen LogP contribution is -2.36. The summed E-state index contributed by atoms with van der Waals surface area (Å²) in [4.78, 5) is 18.9. The first-order chi connectivity index (χ1) is 19.6. The topological polar surface area (TPSA) is 108 Å². The average molecular weight is 575 g/mol. The summed E-state index contributed by atoms with van der Waals surface area (Å²) in [5.41, 5.74) is 3.90. The highest BCUT2D eigenvalue weighted by Crippen LogP contribution is 2.36. The molecule has 1 aliphatic rings. The number of amides is 1. The molecule has 0 radical (unpaired) electrons. The van der Waals surface area contributed by atoms with E-state index in [1.165, 1.54) is 36.5 Å². The third kappa shape index (κ3) is 6.12. The first-order valence-corrected chi connectivity index (χ1v) is 12.3. The minimum atomic E-state index is -4.96. The molecule has 0 unspecified atom stereocenters. The number of morpholine rings is 1. The van der Waals surface area contributed by atoms with Gasteiger partial charge in [-0.05, 0) is 18.2 Å². The molecule has 3 heterocycles. The Morgan fingerprint density at radius 3 is 2.41 bits per heavy atom. The number of nitrogens with two attached hydrogens (primary N) is 1. The van der Waals surface area contributed by atoms with E-state index >= 15 is 8.78 Å². The molecule has 0 spiro atoms. The minimum absolute atomic E-state index is 0.0710. The van der Waals surface area contributed by atoms with Gasteiger partial charge in [-0.25, -0.2) is 18.4 Å². The van der Waals surface area contributed by atoms with Crippen molar-refractivity contribution >= 4 is 17.4 Å². The second kappa shape index (κ2) is 11.5. The van der Waals surface area contributed by atoms with Crippen molar-refractivity contribution in [1.82, 2.24) is 19.7 Å². The Hall–Kier alpha value is -4.56. The van der Waals surface area contributed by atoms with Gasteiger partial charge < -0.3 is 20.5 Å². The van der Waals surface area contributed by atoms with Gasteiger partial charge in [-0.3, -0.25) is 9.69 Å². The fraction of sp³-hybridized carbons (Fsp3) is 0.222. The zero-order valence-corrected chi connectivity index (χ0v) is 21.3. The van der Waals surface area contributed by atoms with Crippen molar-refractivity contribution in [3.05, 3.63) is 89.4 Å². The summed E-state index contributed by atoms with van der Waals surface area (Å²) in [6.07, 6.45) is -2.90. The van der Waals surface area contributed by atoms with Crippen molar-refractivity contribution in [3.63, 3.8) is 0 Å². The zero-order valence-electron chi connectivity index (χ0n) is 21.3. The number of ether oxygens (including phenoxy) is 2. The summed E-state index contributed by atoms with van der Waals surface area (Å²) >= 11 is 0. The molecule has 3 N–H and O–H groups in total. The van der Waals surface area contributed by atoms with E-state index in [4.69, 9.17) is 15.2 Å². The molecular formula is C27H23F5N6O3. The van der Waals surface area contributed by atoms with Crippen LogP contribution in [0.3, 0.4) is 0 Å². The quantitative estimate of drug-likeness (QED) is 0.299. The average Bonchev–Trinajstić information content (AvgIpc) is 3.40. The number of nitrogens with zero attached hydrogens (tertiary/aromatic N) is 4. The minimum Gasteiger partial charge on any atom is -0.451 e. The van der Waals surface area contributed by atoms with Gasteiger partial charge >= 0.3 is 6.18 Å². The van der Waals surface area contributed by atoms with Crippen LogP contribution in [0.25, 0.3) is 5.69 Å². The summed E-state index contributed by atoms with van der Waals surface area (Å²) in [6, 6.07) is 10.3. The Balaban J connectivity index is 1.39. The normalized spacial score (nSPS) is 14.2. The lowest BCUT2D eigenvalue weighted by atomic mass is 10.2. The van der Waals surface area contributed by atoms with E-state index in [1.54, 1.807) is 6.07 Å². The van der Waals surface area contributed by atoms with E-state index in [2.05, 4.69) is 15.4 Å². The van der Waals surface area contributed by atoms with E-state index in [0.717, 1.165) is 18.3 Å². The number of nitrogen functional groups attached to an aromatic ring is 1. The molecule has 1 aliphatic heterocycles. The van der Waals surface area contributed by atoms with Crippen LogP contribution in [0, 0.1) is 11.6 Å². The predicted molar refractivity (Wildman–Crippen MR) is 138 cm³/mol. The molecule has 41 heavy (non-hydrogen) atoms. The van der Waals surface area contributed by atoms with Crippen LogP contribution in [0.1, 0.15) is 21.6 Å². The number of benzene rings is 2. The number of carbonyl (C=O) groups excluding carboxylic acids is 1. The molecule has 214 valence electrons. The SMILES string of the molecule is Nc1nccc(Oc2c(F)cc(NC(=O)c3cnn(-c4ccccc4)c3C(F)(F)F)cc2F)c1CN1CCOCC1. The molecule has 0 saturated carbocycles. The second-order valence-corrected chi connectivity index (χ2v) is 9.04. The number of anilines is 2. The molecule has 4 aromatic rings. The Morgan fingerprint density at radius 1 is 1.07 bits per heavy atom. The molecule has 5 rings (SSSR count). The summed E-state index contributed by atoms with van der Waals surface area (Å²) < 4.78 is 83.3. The number of para-hydroxylation sites is 1. The Bertz CT molecular complexity index is 1530. The summed E-state index contributed by atoms with van der Waals surface area (Å²) in [6.45, 7) is 2.57. The molecule has 1 amide bonds. The van der Waals surface area contributed by atoms with Crippen LogP contribution >= 0.6 is 0 Å². The Kier molecular flexibility index (Phi) is 7.85. The number of pyridine rings is 1. The van der Waals surface area contributed by atoms with Gasteiger partial charge in [-0.2, -0.15) is 18.3 Å². The Labute approximate surface area is 230 Å². The van der Waals surface area contributed by atoms with Crippen LogP contribution in [0.5, 0.6) is 11.5 Å². The standard InChI is InChI=1S/C27H23F5N6O3/c28-20-12-16(36-26(39)18-14-35-38(24(18)27(30,31)32)17-4-2-1-3-5-17)13-21(29)23(20)41-22-6-7-34-25(33)19(22)15-37-8-10-40-11-9-37/h1-7,12-14H,8-11,15H2,(H2,33,34)(H,36,39). The van der Waals surface area contributed by atoms with Crippen LogP contribution in [0.2, 0.25) is 0 Å². The third-order valence-electron chi connectivity index (χ3n) is 6.28. The molecule has 2 aromatic carbocycles. The van der Waals surface area contributed by atoms with E-state index in [9.17, 15) is 18.0 Å². The van der Waals surface area contributed by atoms with E-state index in [0.29, 0.717) is 43.1 Å². The van der Waals surface area contributed by atoms with Crippen molar-refractivity contribution in [1.29, 1.82) is 0 Å². The van der Waals surface area contributed by atoms with Crippen LogP contribution in [-0.2, 0) is 17.5 Å². The fourth-order valence-electron chi connectivity index (χ4n) is 4.32. The van der Waals surface area contributed by atoms with Crippen molar-refractivity contribution in [3.8, 4) is 17.2 Å². The predicted octanol–water partition coefficient (Wildman–Crippen LogP) is 5.02. The summed E-state index contributed by atoms with van der Waals surface area (Å²) in [5.74, 6) is -4.27. The van der Waals surface area contributed by atoms with Crippen LogP contribution in [-0.4, -0.2) is 51.9 Å². The number of aromatic nitrogens is 3. The first kappa shape index (κ1) is 28.0. The molecular weight excluding hydrogens is 551 g/mol. The first-order valence-electron chi connectivity index (χ1n) is 12.3. The van der Waals surface area contributed by atoms with Gasteiger partial charge in [0.2, 0.25) is 0 Å². The smallest absolute Gasteiger partial charge is 0.434 e. The molecule has 1 saturated heterocycles. The highest BCUT2D eigenvalue weighted by atomic mass is 19.4. The molecule has 0 bridgehead atoms. The van der Waals surface area contributed by atoms with Crippen LogP contribution in [0.4, 0.5) is 33.5 Å². The second-order valence-electron chi connectivity index (χ2n) is 9.04. The number of carbonyl (C=O) groups is 1. The van der Waals surface area contributed by atoms with Crippen LogP contribution < -0.4 is 15.8 Å². The van der Waals surface area contributed by atoms with Crippen LogP contribution in [0.15, 0.2) is 60.9 Å². The molecule has 2 aromatic heterocycles. The van der Waals surface area contributed by atoms with Crippen molar-refractivity contribution in [2.24, 2.45) is 0 Å². The van der Waals surface area contributed by atoms with Crippen molar-refractivity contribution in [2.45, 2.75) is 12.7 Å². The van der Waals surface area contributed by atoms with Gasteiger partial charge in [0, 0.05) is 43.7 Å². The lowest BCUT2D eigenvalue weighted by molar-refractivity contribution is -0.143. The summed E-state index contributed by atoms with van der Waals surface area (Å²) in [5, 5.41) is 5.82. The largest absolute Gasteiger partial charge is 0.451 e. The van der Waals surface area contributed by atoms with E-state index in [-0.39, 0.29) is 17.3 Å². The zero-order chi connectivity index (χ0) is 29.1. The number of alkyl halides is 3. The number of nitrogens with one attached hydrogen (secondary N) is 1.